The van der Waals surface area contributed by atoms with Crippen LogP contribution in [0.1, 0.15) is 20.8 Å². The third-order valence-electron chi connectivity index (χ3n) is 9.46. The Morgan fingerprint density at radius 1 is 0.415 bits per heavy atom. The highest BCUT2D eigenvalue weighted by atomic mass is 19.2. The first-order valence-corrected chi connectivity index (χ1v) is 17.0. The second kappa shape index (κ2) is 18.6. The van der Waals surface area contributed by atoms with Crippen LogP contribution in [0, 0.1) is 116 Å². The van der Waals surface area contributed by atoms with Crippen molar-refractivity contribution in [3.05, 3.63) is 182 Å². The van der Waals surface area contributed by atoms with Crippen LogP contribution < -0.4 is 26.4 Å². The van der Waals surface area contributed by atoms with Gasteiger partial charge in [0.25, 0.3) is 5.69 Å². The van der Waals surface area contributed by atoms with Crippen molar-refractivity contribution in [1.82, 2.24) is 0 Å². The number of ketones is 1. The smallest absolute Gasteiger partial charge is 0.405 e. The number of carbonyl (C=O) groups excluding carboxylic acids is 2. The van der Waals surface area contributed by atoms with Crippen molar-refractivity contribution < 1.29 is 112 Å². The zero-order valence-electron chi connectivity index (χ0n) is 30.9. The Hall–Kier alpha value is -6.99. The summed E-state index contributed by atoms with van der Waals surface area (Å²) in [6.45, 7) is -0.666. The van der Waals surface area contributed by atoms with Gasteiger partial charge in [-0.25, -0.2) is 92.6 Å². The zero-order chi connectivity index (χ0) is 48.7. The summed E-state index contributed by atoms with van der Waals surface area (Å²) in [5.74, 6) is -72.2. The first-order valence-electron chi connectivity index (χ1n) is 17.0. The van der Waals surface area contributed by atoms with Gasteiger partial charge in [0.1, 0.15) is 52.7 Å². The molecule has 0 radical (unpaired) electrons. The predicted octanol–water partition coefficient (Wildman–Crippen LogP) is 6.81. The SMILES string of the molecule is Fc1c(F)c(F)c([B-](c2c(F)c(F)c(F)c(F)c2F)(c2c(F)c(F)c(F)c(F)c2F)c2c(F)c(F)c(F)c(F)c2F)c(F)c1F.O=C(C[n+]1ccccc1C(=O)OCO)c1ccccc1. The molecule has 0 aliphatic carbocycles. The molecule has 0 amide bonds. The van der Waals surface area contributed by atoms with Crippen LogP contribution in [0.2, 0.25) is 0 Å². The standard InChI is InChI=1S/C24BF20.C15H14NO4/c26-5-1(6(27)14(35)21(42)13(5)34)25(2-7(28)15(36)22(43)16(37)8(2)29,3-9(30)17(38)23(44)18(39)10(3)31)4-11(32)19(40)24(45)20(41)12(4)33;17-11-20-15(19)13-8-4-5-9-16(13)10-14(18)12-6-2-1-3-7-12/h;1-9,17H,10-11H2/q-1;+1. The number of esters is 1. The Bertz CT molecular complexity index is 2540. The number of rotatable bonds is 9. The lowest BCUT2D eigenvalue weighted by Gasteiger charge is -2.44. The van der Waals surface area contributed by atoms with Crippen molar-refractivity contribution in [2.75, 3.05) is 6.79 Å². The van der Waals surface area contributed by atoms with Crippen LogP contribution in [-0.4, -0.2) is 29.8 Å². The van der Waals surface area contributed by atoms with Gasteiger partial charge in [-0.15, -0.1) is 21.9 Å². The molecule has 5 nitrogen and oxygen atoms in total. The van der Waals surface area contributed by atoms with E-state index in [2.05, 4.69) is 4.74 Å². The zero-order valence-corrected chi connectivity index (χ0v) is 30.9. The van der Waals surface area contributed by atoms with Crippen LogP contribution >= 0.6 is 0 Å². The minimum absolute atomic E-state index is 0.0285. The molecule has 6 aromatic rings. The maximum absolute atomic E-state index is 15.4. The summed E-state index contributed by atoms with van der Waals surface area (Å²) >= 11 is 0. The second-order valence-electron chi connectivity index (χ2n) is 12.9. The lowest BCUT2D eigenvalue weighted by atomic mass is 9.12. The van der Waals surface area contributed by atoms with Gasteiger partial charge in [-0.1, -0.05) is 30.3 Å². The monoisotopic (exact) mass is 951 g/mol. The van der Waals surface area contributed by atoms with Crippen molar-refractivity contribution in [3.63, 3.8) is 0 Å². The molecule has 0 atom stereocenters. The van der Waals surface area contributed by atoms with E-state index in [4.69, 9.17) is 5.11 Å². The third-order valence-corrected chi connectivity index (χ3v) is 9.46. The highest BCUT2D eigenvalue weighted by Gasteiger charge is 2.52. The van der Waals surface area contributed by atoms with Gasteiger partial charge in [-0.05, 0) is 6.07 Å². The summed E-state index contributed by atoms with van der Waals surface area (Å²) in [4.78, 5) is 23.8. The number of halogens is 20. The van der Waals surface area contributed by atoms with Gasteiger partial charge >= 0.3 is 5.97 Å². The number of pyridine rings is 1. The Morgan fingerprint density at radius 3 is 0.985 bits per heavy atom. The number of hydrogen-bond donors (Lipinski definition) is 1. The minimum Gasteiger partial charge on any atom is -0.431 e. The Labute approximate surface area is 347 Å². The molecular formula is C39H14BF20NO4. The van der Waals surface area contributed by atoms with Crippen molar-refractivity contribution in [2.45, 2.75) is 6.54 Å². The third kappa shape index (κ3) is 7.98. The highest BCUT2D eigenvalue weighted by Crippen LogP contribution is 2.30. The van der Waals surface area contributed by atoms with E-state index in [0.717, 1.165) is 0 Å². The number of aromatic nitrogens is 1. The van der Waals surface area contributed by atoms with E-state index in [1.165, 1.54) is 10.6 Å². The van der Waals surface area contributed by atoms with Gasteiger partial charge in [0.05, 0.1) is 0 Å². The molecule has 26 heteroatoms. The molecule has 1 heterocycles. The van der Waals surface area contributed by atoms with E-state index in [-0.39, 0.29) is 18.0 Å². The van der Waals surface area contributed by atoms with E-state index in [1.54, 1.807) is 42.6 Å². The molecule has 0 aliphatic heterocycles. The van der Waals surface area contributed by atoms with Crippen LogP contribution in [0.5, 0.6) is 0 Å². The maximum Gasteiger partial charge on any atom is 0.405 e. The Balaban J connectivity index is 0.000000330. The molecule has 0 unspecified atom stereocenters. The number of Topliss-reactive ketones (excluding diaryl/α,β-unsaturated/α-hetero) is 1. The summed E-state index contributed by atoms with van der Waals surface area (Å²) < 4.78 is 300. The van der Waals surface area contributed by atoms with E-state index in [9.17, 15) is 62.3 Å². The van der Waals surface area contributed by atoms with Gasteiger partial charge in [0, 0.05) is 17.7 Å². The lowest BCUT2D eigenvalue weighted by Crippen LogP contribution is -2.81. The molecule has 5 aromatic carbocycles. The largest absolute Gasteiger partial charge is 0.431 e. The maximum atomic E-state index is 15.4. The number of aliphatic hydroxyl groups excluding tert-OH is 1. The van der Waals surface area contributed by atoms with E-state index >= 15 is 35.1 Å². The molecule has 1 N–H and O–H groups in total. The van der Waals surface area contributed by atoms with Crippen molar-refractivity contribution >= 4 is 39.7 Å². The number of hydrogen-bond acceptors (Lipinski definition) is 4. The number of nitrogens with zero attached hydrogens (tertiary/aromatic N) is 1. The van der Waals surface area contributed by atoms with Crippen LogP contribution in [0.4, 0.5) is 87.8 Å². The first-order chi connectivity index (χ1) is 30.4. The average molecular weight is 951 g/mol. The van der Waals surface area contributed by atoms with Crippen LogP contribution in [0.3, 0.4) is 0 Å². The molecule has 65 heavy (non-hydrogen) atoms. The molecule has 0 fully saturated rings. The van der Waals surface area contributed by atoms with Gasteiger partial charge in [-0.2, -0.15) is 4.57 Å². The average Bonchev–Trinajstić information content (AvgIpc) is 3.29. The number of aliphatic hydroxyl groups is 1. The van der Waals surface area contributed by atoms with Crippen molar-refractivity contribution in [1.29, 1.82) is 0 Å². The van der Waals surface area contributed by atoms with Crippen LogP contribution in [-0.2, 0) is 11.3 Å². The van der Waals surface area contributed by atoms with E-state index in [0.29, 0.717) is 5.56 Å². The molecule has 6 rings (SSSR count). The highest BCUT2D eigenvalue weighted by molar-refractivity contribution is 7.20. The van der Waals surface area contributed by atoms with Crippen LogP contribution in [0.25, 0.3) is 0 Å². The molecule has 0 aliphatic rings. The summed E-state index contributed by atoms with van der Waals surface area (Å²) in [5, 5.41) is 8.63. The molecule has 0 saturated heterocycles. The fourth-order valence-electron chi connectivity index (χ4n) is 6.68. The summed E-state index contributed by atoms with van der Waals surface area (Å²) in [5.41, 5.74) is -13.5. The fraction of sp³-hybridized carbons (Fsp3) is 0.0513. The number of carbonyl (C=O) groups is 2. The quantitative estimate of drug-likeness (QED) is 0.0253. The second-order valence-corrected chi connectivity index (χ2v) is 12.9. The number of ether oxygens (including phenoxy) is 1. The van der Waals surface area contributed by atoms with Gasteiger partial charge < -0.3 is 9.84 Å². The fourth-order valence-corrected chi connectivity index (χ4v) is 6.68. The summed E-state index contributed by atoms with van der Waals surface area (Å²) in [6.07, 6.45) is -5.60. The lowest BCUT2D eigenvalue weighted by molar-refractivity contribution is -0.685. The molecule has 0 saturated carbocycles. The Morgan fingerprint density at radius 2 is 0.692 bits per heavy atom. The molecule has 0 spiro atoms. The van der Waals surface area contributed by atoms with Crippen molar-refractivity contribution in [2.24, 2.45) is 0 Å². The number of benzene rings is 5. The normalized spacial score (nSPS) is 11.4. The molecule has 0 bridgehead atoms. The van der Waals surface area contributed by atoms with Gasteiger partial charge in [0.2, 0.25) is 12.3 Å². The first kappa shape index (κ1) is 49.0. The predicted molar refractivity (Wildman–Crippen MR) is 179 cm³/mol. The van der Waals surface area contributed by atoms with Gasteiger partial charge in [-0.3, -0.25) is 4.79 Å². The van der Waals surface area contributed by atoms with E-state index < -0.39 is 157 Å². The van der Waals surface area contributed by atoms with Crippen molar-refractivity contribution in [3.8, 4) is 0 Å². The molecule has 342 valence electrons. The summed E-state index contributed by atoms with van der Waals surface area (Å²) in [6, 6.07) is 13.8. The topological polar surface area (TPSA) is 67.5 Å². The van der Waals surface area contributed by atoms with E-state index in [1.807, 2.05) is 6.07 Å². The Kier molecular flexibility index (Phi) is 14.0. The van der Waals surface area contributed by atoms with Gasteiger partial charge in [0.15, 0.2) is 82.8 Å². The molecule has 1 aromatic heterocycles. The van der Waals surface area contributed by atoms with Crippen LogP contribution in [0.15, 0.2) is 54.7 Å². The molecular weight excluding hydrogens is 937 g/mol. The minimum atomic E-state index is -7.22. The summed E-state index contributed by atoms with van der Waals surface area (Å²) in [7, 11) is 0.